The largest absolute Gasteiger partial charge is 0.331 e. The van der Waals surface area contributed by atoms with E-state index in [0.717, 1.165) is 24.4 Å². The minimum Gasteiger partial charge on any atom is -0.331 e. The van der Waals surface area contributed by atoms with Crippen molar-refractivity contribution in [1.29, 1.82) is 5.26 Å². The summed E-state index contributed by atoms with van der Waals surface area (Å²) in [6.07, 6.45) is 13.4. The summed E-state index contributed by atoms with van der Waals surface area (Å²) in [6, 6.07) is 8.11. The zero-order valence-electron chi connectivity index (χ0n) is 11.0. The Balaban J connectivity index is 1.86. The minimum absolute atomic E-state index is 0.202. The second-order valence-corrected chi connectivity index (χ2v) is 5.35. The van der Waals surface area contributed by atoms with Gasteiger partial charge in [0.05, 0.1) is 18.2 Å². The van der Waals surface area contributed by atoms with Crippen LogP contribution in [-0.4, -0.2) is 17.3 Å². The molecule has 4 rings (SSSR count). The van der Waals surface area contributed by atoms with Crippen molar-refractivity contribution in [2.45, 2.75) is 12.0 Å². The zero-order valence-corrected chi connectivity index (χ0v) is 11.0. The lowest BCUT2D eigenvalue weighted by molar-refractivity contribution is 0.400. The smallest absolute Gasteiger partial charge is 0.128 e. The molecule has 1 unspecified atom stereocenters. The minimum atomic E-state index is -0.202. The van der Waals surface area contributed by atoms with Crippen LogP contribution in [0.4, 0.5) is 0 Å². The van der Waals surface area contributed by atoms with Crippen molar-refractivity contribution in [1.82, 2.24) is 4.90 Å². The molecule has 0 saturated carbocycles. The third-order valence-corrected chi connectivity index (χ3v) is 4.11. The van der Waals surface area contributed by atoms with Crippen LogP contribution in [0, 0.1) is 11.3 Å². The maximum atomic E-state index is 9.04. The highest BCUT2D eigenvalue weighted by molar-refractivity contribution is 5.97. The van der Waals surface area contributed by atoms with E-state index in [0.29, 0.717) is 5.56 Å². The van der Waals surface area contributed by atoms with Crippen LogP contribution in [0.1, 0.15) is 23.1 Å². The first-order valence-corrected chi connectivity index (χ1v) is 6.73. The summed E-state index contributed by atoms with van der Waals surface area (Å²) in [5.74, 6) is 1.03. The quantitative estimate of drug-likeness (QED) is 0.718. The second-order valence-electron chi connectivity index (χ2n) is 5.35. The average Bonchev–Trinajstić information content (AvgIpc) is 2.85. The molecule has 3 nitrogen and oxygen atoms in total. The number of hydrogen-bond acceptors (Lipinski definition) is 3. The number of fused-ring (bicyclic) bond motifs is 3. The Morgan fingerprint density at radius 1 is 1.25 bits per heavy atom. The third-order valence-electron chi connectivity index (χ3n) is 4.11. The summed E-state index contributed by atoms with van der Waals surface area (Å²) in [5.41, 5.74) is 2.84. The van der Waals surface area contributed by atoms with Crippen molar-refractivity contribution in [3.63, 3.8) is 0 Å². The Labute approximate surface area is 117 Å². The zero-order chi connectivity index (χ0) is 13.6. The Morgan fingerprint density at radius 3 is 3.05 bits per heavy atom. The maximum absolute atomic E-state index is 9.04. The van der Waals surface area contributed by atoms with E-state index in [1.807, 2.05) is 24.3 Å². The summed E-state index contributed by atoms with van der Waals surface area (Å²) in [5, 5.41) is 9.04. The number of nitriles is 1. The van der Waals surface area contributed by atoms with Crippen molar-refractivity contribution in [2.75, 3.05) is 6.54 Å². The summed E-state index contributed by atoms with van der Waals surface area (Å²) in [4.78, 5) is 7.16. The van der Waals surface area contributed by atoms with Crippen LogP contribution in [0.15, 0.2) is 53.7 Å². The van der Waals surface area contributed by atoms with Gasteiger partial charge in [0.2, 0.25) is 0 Å². The molecule has 1 spiro atoms. The molecule has 20 heavy (non-hydrogen) atoms. The number of rotatable bonds is 0. The monoisotopic (exact) mass is 259 g/mol. The SMILES string of the molecule is N#Cc1ccc2c(c1)C=CCC21CN2C=CC=CC2=N1. The fourth-order valence-electron chi connectivity index (χ4n) is 3.18. The molecule has 0 fully saturated rings. The molecule has 0 saturated heterocycles. The van der Waals surface area contributed by atoms with Gasteiger partial charge in [-0.1, -0.05) is 24.3 Å². The number of aliphatic imine (C=N–C) groups is 1. The maximum Gasteiger partial charge on any atom is 0.128 e. The van der Waals surface area contributed by atoms with Gasteiger partial charge >= 0.3 is 0 Å². The first-order valence-electron chi connectivity index (χ1n) is 6.73. The molecule has 0 aromatic heterocycles. The fourth-order valence-corrected chi connectivity index (χ4v) is 3.18. The lowest BCUT2D eigenvalue weighted by Crippen LogP contribution is -2.32. The Morgan fingerprint density at radius 2 is 2.20 bits per heavy atom. The van der Waals surface area contributed by atoms with Crippen LogP contribution >= 0.6 is 0 Å². The summed E-state index contributed by atoms with van der Waals surface area (Å²) < 4.78 is 0. The van der Waals surface area contributed by atoms with Crippen LogP contribution in [0.25, 0.3) is 6.08 Å². The van der Waals surface area contributed by atoms with Gasteiger partial charge in [-0.25, -0.2) is 0 Å². The number of allylic oxidation sites excluding steroid dienone is 2. The van der Waals surface area contributed by atoms with Gasteiger partial charge < -0.3 is 4.90 Å². The molecular formula is C17H13N3. The van der Waals surface area contributed by atoms with Gasteiger partial charge in [0.25, 0.3) is 0 Å². The van der Waals surface area contributed by atoms with Gasteiger partial charge in [0, 0.05) is 6.20 Å². The molecule has 3 heteroatoms. The van der Waals surface area contributed by atoms with Crippen molar-refractivity contribution in [2.24, 2.45) is 4.99 Å². The average molecular weight is 259 g/mol. The molecule has 0 radical (unpaired) electrons. The molecule has 2 heterocycles. The summed E-state index contributed by atoms with van der Waals surface area (Å²) in [7, 11) is 0. The van der Waals surface area contributed by atoms with Crippen LogP contribution in [0.2, 0.25) is 0 Å². The number of nitrogens with zero attached hydrogens (tertiary/aromatic N) is 3. The first-order chi connectivity index (χ1) is 9.81. The molecule has 96 valence electrons. The van der Waals surface area contributed by atoms with E-state index in [2.05, 4.69) is 41.5 Å². The molecule has 1 aromatic rings. The van der Waals surface area contributed by atoms with E-state index in [1.54, 1.807) is 0 Å². The number of hydrogen-bond donors (Lipinski definition) is 0. The summed E-state index contributed by atoms with van der Waals surface area (Å²) in [6.45, 7) is 0.867. The molecule has 0 bridgehead atoms. The van der Waals surface area contributed by atoms with Gasteiger partial charge in [-0.3, -0.25) is 4.99 Å². The highest BCUT2D eigenvalue weighted by atomic mass is 15.3. The van der Waals surface area contributed by atoms with E-state index < -0.39 is 0 Å². The highest BCUT2D eigenvalue weighted by Crippen LogP contribution is 2.42. The van der Waals surface area contributed by atoms with Crippen LogP contribution in [-0.2, 0) is 5.54 Å². The van der Waals surface area contributed by atoms with Crippen LogP contribution < -0.4 is 0 Å². The second kappa shape index (κ2) is 3.94. The predicted octanol–water partition coefficient (Wildman–Crippen LogP) is 2.97. The van der Waals surface area contributed by atoms with E-state index in [4.69, 9.17) is 10.3 Å². The van der Waals surface area contributed by atoms with Gasteiger partial charge in [0.1, 0.15) is 11.4 Å². The number of benzene rings is 1. The van der Waals surface area contributed by atoms with E-state index in [1.165, 1.54) is 5.56 Å². The molecule has 0 amide bonds. The Hall–Kier alpha value is -2.60. The molecule has 1 aromatic carbocycles. The Bertz CT molecular complexity index is 746. The van der Waals surface area contributed by atoms with Gasteiger partial charge in [-0.15, -0.1) is 0 Å². The highest BCUT2D eigenvalue weighted by Gasteiger charge is 2.41. The Kier molecular flexibility index (Phi) is 2.22. The van der Waals surface area contributed by atoms with Crippen LogP contribution in [0.3, 0.4) is 0 Å². The van der Waals surface area contributed by atoms with Gasteiger partial charge in [-0.05, 0) is 41.8 Å². The van der Waals surface area contributed by atoms with E-state index in [9.17, 15) is 0 Å². The topological polar surface area (TPSA) is 39.4 Å². The van der Waals surface area contributed by atoms with Crippen molar-refractivity contribution in [3.05, 3.63) is 65.4 Å². The predicted molar refractivity (Wildman–Crippen MR) is 78.9 cm³/mol. The fraction of sp³-hybridized carbons (Fsp3) is 0.176. The number of amidine groups is 1. The van der Waals surface area contributed by atoms with Gasteiger partial charge in [-0.2, -0.15) is 5.26 Å². The normalized spacial score (nSPS) is 25.4. The molecule has 1 atom stereocenters. The van der Waals surface area contributed by atoms with E-state index in [-0.39, 0.29) is 5.54 Å². The standard InChI is InChI=1S/C17H13N3/c18-11-13-6-7-15-14(10-13)4-3-8-17(15)12-20-9-2-1-5-16(20)19-17/h1-7,9-10H,8,12H2. The molecule has 1 aliphatic carbocycles. The van der Waals surface area contributed by atoms with Crippen molar-refractivity contribution in [3.8, 4) is 6.07 Å². The molecule has 3 aliphatic rings. The first kappa shape index (κ1) is 11.2. The third kappa shape index (κ3) is 1.48. The van der Waals surface area contributed by atoms with E-state index >= 15 is 0 Å². The van der Waals surface area contributed by atoms with Crippen LogP contribution in [0.5, 0.6) is 0 Å². The van der Waals surface area contributed by atoms with Gasteiger partial charge in [0.15, 0.2) is 0 Å². The van der Waals surface area contributed by atoms with Crippen molar-refractivity contribution < 1.29 is 0 Å². The molecular weight excluding hydrogens is 246 g/mol. The summed E-state index contributed by atoms with van der Waals surface area (Å²) >= 11 is 0. The molecule has 0 N–H and O–H groups in total. The lowest BCUT2D eigenvalue weighted by Gasteiger charge is -2.30. The molecule has 2 aliphatic heterocycles. The lowest BCUT2D eigenvalue weighted by atomic mass is 9.80. The van der Waals surface area contributed by atoms with Crippen molar-refractivity contribution >= 4 is 11.9 Å².